The number of carbonyl (C=O) groups is 1. The van der Waals surface area contributed by atoms with E-state index < -0.39 is 0 Å². The zero-order valence-corrected chi connectivity index (χ0v) is 23.2. The quantitative estimate of drug-likeness (QED) is 0.346. The van der Waals surface area contributed by atoms with E-state index in [1.807, 2.05) is 68.5 Å². The summed E-state index contributed by atoms with van der Waals surface area (Å²) in [4.78, 5) is 26.3. The predicted molar refractivity (Wildman–Crippen MR) is 153 cm³/mol. The van der Waals surface area contributed by atoms with Gasteiger partial charge in [0.2, 0.25) is 5.91 Å². The van der Waals surface area contributed by atoms with Gasteiger partial charge in [0.15, 0.2) is 0 Å². The van der Waals surface area contributed by atoms with Crippen molar-refractivity contribution >= 4 is 17.2 Å². The summed E-state index contributed by atoms with van der Waals surface area (Å²) >= 11 is 0. The molecule has 40 heavy (non-hydrogen) atoms. The molecule has 4 aromatic rings. The summed E-state index contributed by atoms with van der Waals surface area (Å²) in [6.07, 6.45) is 9.24. The van der Waals surface area contributed by atoms with Gasteiger partial charge in [0.05, 0.1) is 36.6 Å². The molecule has 5 heterocycles. The van der Waals surface area contributed by atoms with Gasteiger partial charge in [0, 0.05) is 54.3 Å². The fourth-order valence-electron chi connectivity index (χ4n) is 5.36. The van der Waals surface area contributed by atoms with Gasteiger partial charge < -0.3 is 19.9 Å². The van der Waals surface area contributed by atoms with Gasteiger partial charge >= 0.3 is 0 Å². The fraction of sp³-hybridized carbons (Fsp3) is 0.367. The van der Waals surface area contributed by atoms with Gasteiger partial charge in [0.1, 0.15) is 17.6 Å². The molecular weight excluding hydrogens is 504 g/mol. The number of hydrogen-bond donors (Lipinski definition) is 1. The molecule has 10 nitrogen and oxygen atoms in total. The highest BCUT2D eigenvalue weighted by molar-refractivity contribution is 5.85. The van der Waals surface area contributed by atoms with E-state index in [4.69, 9.17) is 9.72 Å². The highest BCUT2D eigenvalue weighted by Gasteiger charge is 2.37. The third-order valence-electron chi connectivity index (χ3n) is 7.23. The van der Waals surface area contributed by atoms with Crippen molar-refractivity contribution in [1.29, 1.82) is 5.26 Å². The van der Waals surface area contributed by atoms with Crippen LogP contribution < -0.4 is 15.0 Å². The summed E-state index contributed by atoms with van der Waals surface area (Å²) in [7, 11) is 3.80. The van der Waals surface area contributed by atoms with Gasteiger partial charge in [-0.2, -0.15) is 10.4 Å². The third-order valence-corrected chi connectivity index (χ3v) is 7.23. The molecule has 0 unspecified atom stereocenters. The van der Waals surface area contributed by atoms with E-state index in [1.54, 1.807) is 23.1 Å². The third kappa shape index (κ3) is 5.90. The van der Waals surface area contributed by atoms with Crippen molar-refractivity contribution in [2.75, 3.05) is 45.2 Å². The molecule has 1 aliphatic heterocycles. The largest absolute Gasteiger partial charge is 0.492 e. The first-order chi connectivity index (χ1) is 19.4. The van der Waals surface area contributed by atoms with E-state index in [0.717, 1.165) is 54.1 Å². The smallest absolute Gasteiger partial charge is 0.234 e. The second-order valence-corrected chi connectivity index (χ2v) is 10.4. The predicted octanol–water partition coefficient (Wildman–Crippen LogP) is 3.32. The summed E-state index contributed by atoms with van der Waals surface area (Å²) in [5.74, 6) is 1.58. The van der Waals surface area contributed by atoms with E-state index in [9.17, 15) is 10.1 Å². The Bertz CT molecular complexity index is 1500. The molecule has 206 valence electrons. The molecule has 1 fully saturated rings. The minimum Gasteiger partial charge on any atom is -0.492 e. The second-order valence-electron chi connectivity index (χ2n) is 10.4. The van der Waals surface area contributed by atoms with Crippen molar-refractivity contribution in [1.82, 2.24) is 29.8 Å². The van der Waals surface area contributed by atoms with Crippen molar-refractivity contribution in [2.45, 2.75) is 31.7 Å². The summed E-state index contributed by atoms with van der Waals surface area (Å²) in [6, 6.07) is 14.1. The van der Waals surface area contributed by atoms with Gasteiger partial charge in [-0.25, -0.2) is 9.50 Å². The molecule has 0 atom stereocenters. The lowest BCUT2D eigenvalue weighted by Gasteiger charge is -2.43. The minimum absolute atomic E-state index is 0.0223. The lowest BCUT2D eigenvalue weighted by molar-refractivity contribution is -0.123. The van der Waals surface area contributed by atoms with Crippen molar-refractivity contribution in [3.05, 3.63) is 72.4 Å². The zero-order chi connectivity index (χ0) is 28.1. The molecule has 0 bridgehead atoms. The maximum absolute atomic E-state index is 12.8. The van der Waals surface area contributed by atoms with Crippen LogP contribution in [-0.4, -0.2) is 76.3 Å². The number of ether oxygens (including phenoxy) is 1. The van der Waals surface area contributed by atoms with Crippen LogP contribution in [0.2, 0.25) is 0 Å². The number of fused-ring (bicyclic) bond motifs is 1. The number of piperidine rings is 1. The number of nitrogens with one attached hydrogen (secondary N) is 1. The molecule has 5 rings (SSSR count). The Labute approximate surface area is 234 Å². The average molecular weight is 539 g/mol. The average Bonchev–Trinajstić information content (AvgIpc) is 3.36. The summed E-state index contributed by atoms with van der Waals surface area (Å²) in [6.45, 7) is 4.32. The molecule has 1 N–H and O–H groups in total. The molecule has 1 amide bonds. The lowest BCUT2D eigenvalue weighted by atomic mass is 9.82. The Morgan fingerprint density at radius 3 is 2.65 bits per heavy atom. The monoisotopic (exact) mass is 538 g/mol. The van der Waals surface area contributed by atoms with Crippen LogP contribution in [0.4, 0.5) is 5.82 Å². The first-order valence-corrected chi connectivity index (χ1v) is 13.5. The molecule has 0 aliphatic carbocycles. The van der Waals surface area contributed by atoms with Crippen LogP contribution in [0.5, 0.6) is 5.75 Å². The van der Waals surface area contributed by atoms with Gasteiger partial charge in [0.25, 0.3) is 0 Å². The molecule has 0 aromatic carbocycles. The van der Waals surface area contributed by atoms with E-state index >= 15 is 0 Å². The Kier molecular flexibility index (Phi) is 7.94. The number of aromatic nitrogens is 4. The molecule has 10 heteroatoms. The Balaban J connectivity index is 1.36. The number of amides is 1. The van der Waals surface area contributed by atoms with Crippen LogP contribution in [0.1, 0.15) is 31.0 Å². The molecule has 0 spiro atoms. The highest BCUT2D eigenvalue weighted by atomic mass is 16.5. The SMILES string of the molecule is CCOc1cc(-c2ccc(N3CCC(Cc4ccccn4)(NC(=O)CN(C)C)CC3)nc2)c2c(C#N)cnn2c1. The van der Waals surface area contributed by atoms with Crippen LogP contribution in [-0.2, 0) is 11.2 Å². The number of hydrogen-bond acceptors (Lipinski definition) is 8. The van der Waals surface area contributed by atoms with Crippen molar-refractivity contribution in [2.24, 2.45) is 0 Å². The van der Waals surface area contributed by atoms with Crippen LogP contribution >= 0.6 is 0 Å². The van der Waals surface area contributed by atoms with E-state index in [0.29, 0.717) is 30.9 Å². The normalized spacial score (nSPS) is 14.7. The molecule has 0 saturated carbocycles. The highest BCUT2D eigenvalue weighted by Crippen LogP contribution is 2.33. The summed E-state index contributed by atoms with van der Waals surface area (Å²) in [5, 5.41) is 17.3. The molecular formula is C30H34N8O2. The van der Waals surface area contributed by atoms with Crippen LogP contribution in [0.25, 0.3) is 16.6 Å². The molecule has 0 radical (unpaired) electrons. The standard InChI is InChI=1S/C30H34N8O2/c1-4-40-25-15-26(29-23(17-31)19-34-38(29)20-25)22-8-9-27(33-18-22)37-13-10-30(11-14-37,35-28(39)21-36(2)3)16-24-7-5-6-12-32-24/h5-9,12,15,18-20H,4,10-11,13-14,16,21H2,1-3H3,(H,35,39). The number of pyridine rings is 3. The first-order valence-electron chi connectivity index (χ1n) is 13.5. The van der Waals surface area contributed by atoms with Gasteiger partial charge in [-0.3, -0.25) is 9.78 Å². The number of likely N-dealkylation sites (N-methyl/N-ethyl adjacent to an activating group) is 1. The van der Waals surface area contributed by atoms with Crippen LogP contribution in [0.3, 0.4) is 0 Å². The van der Waals surface area contributed by atoms with Crippen molar-refractivity contribution in [3.8, 4) is 22.9 Å². The maximum atomic E-state index is 12.8. The Morgan fingerprint density at radius 2 is 2.00 bits per heavy atom. The number of rotatable bonds is 9. The van der Waals surface area contributed by atoms with Crippen molar-refractivity contribution in [3.63, 3.8) is 0 Å². The van der Waals surface area contributed by atoms with Crippen LogP contribution in [0.15, 0.2) is 61.2 Å². The van der Waals surface area contributed by atoms with E-state index in [1.165, 1.54) is 0 Å². The van der Waals surface area contributed by atoms with Gasteiger partial charge in [-0.1, -0.05) is 6.07 Å². The molecule has 1 aliphatic rings. The van der Waals surface area contributed by atoms with Gasteiger partial charge in [-0.15, -0.1) is 0 Å². The van der Waals surface area contributed by atoms with Crippen LogP contribution in [0, 0.1) is 11.3 Å². The van der Waals surface area contributed by atoms with Gasteiger partial charge in [-0.05, 0) is 64.2 Å². The Hall–Kier alpha value is -4.49. The number of carbonyl (C=O) groups excluding carboxylic acids is 1. The zero-order valence-electron chi connectivity index (χ0n) is 23.2. The fourth-order valence-corrected chi connectivity index (χ4v) is 5.36. The summed E-state index contributed by atoms with van der Waals surface area (Å²) in [5.41, 5.74) is 3.56. The number of nitrogens with zero attached hydrogens (tertiary/aromatic N) is 7. The lowest BCUT2D eigenvalue weighted by Crippen LogP contribution is -2.58. The topological polar surface area (TPSA) is 112 Å². The van der Waals surface area contributed by atoms with Crippen molar-refractivity contribution < 1.29 is 9.53 Å². The minimum atomic E-state index is -0.362. The number of anilines is 1. The first kappa shape index (κ1) is 27.1. The molecule has 4 aromatic heterocycles. The van der Waals surface area contributed by atoms with E-state index in [-0.39, 0.29) is 11.4 Å². The maximum Gasteiger partial charge on any atom is 0.234 e. The number of nitriles is 1. The van der Waals surface area contributed by atoms with E-state index in [2.05, 4.69) is 26.4 Å². The Morgan fingerprint density at radius 1 is 1.18 bits per heavy atom. The second kappa shape index (κ2) is 11.7. The molecule has 1 saturated heterocycles. The summed E-state index contributed by atoms with van der Waals surface area (Å²) < 4.78 is 7.42.